The Morgan fingerprint density at radius 3 is 2.25 bits per heavy atom. The van der Waals surface area contributed by atoms with E-state index in [2.05, 4.69) is 10.6 Å². The third kappa shape index (κ3) is 7.42. The van der Waals surface area contributed by atoms with Crippen LogP contribution in [-0.4, -0.2) is 36.9 Å². The van der Waals surface area contributed by atoms with E-state index < -0.39 is 36.9 Å². The van der Waals surface area contributed by atoms with Gasteiger partial charge in [-0.25, -0.2) is 8.78 Å². The summed E-state index contributed by atoms with van der Waals surface area (Å²) in [5, 5.41) is 5.21. The molecule has 0 aliphatic carbocycles. The first-order chi connectivity index (χ1) is 12.8. The lowest BCUT2D eigenvalue weighted by Gasteiger charge is -2.21. The number of hydrogen-bond acceptors (Lipinski definition) is 3. The van der Waals surface area contributed by atoms with E-state index in [9.17, 15) is 18.4 Å². The highest BCUT2D eigenvalue weighted by Gasteiger charge is 2.29. The molecule has 0 heterocycles. The third-order valence-corrected chi connectivity index (χ3v) is 4.08. The normalized spacial score (nSPS) is 11.9. The number of amides is 2. The highest BCUT2D eigenvalue weighted by molar-refractivity contribution is 6.30. The molecule has 0 aromatic heterocycles. The van der Waals surface area contributed by atoms with Crippen LogP contribution >= 0.6 is 24.0 Å². The van der Waals surface area contributed by atoms with Gasteiger partial charge in [0.05, 0.1) is 13.1 Å². The zero-order chi connectivity index (χ0) is 19.9. The second kappa shape index (κ2) is 10.9. The van der Waals surface area contributed by atoms with Crippen LogP contribution in [0.4, 0.5) is 8.78 Å². The number of hydrogen-bond donors (Lipinski definition) is 3. The van der Waals surface area contributed by atoms with Crippen molar-refractivity contribution in [2.45, 2.75) is 18.4 Å². The van der Waals surface area contributed by atoms with E-state index in [1.165, 1.54) is 12.1 Å². The second-order valence-electron chi connectivity index (χ2n) is 6.00. The molecule has 2 rings (SSSR count). The number of nitrogens with one attached hydrogen (secondary N) is 2. The fraction of sp³-hybridized carbons (Fsp3) is 0.263. The number of halogens is 4. The van der Waals surface area contributed by atoms with Crippen LogP contribution in [0, 0.1) is 0 Å². The first-order valence-corrected chi connectivity index (χ1v) is 8.64. The van der Waals surface area contributed by atoms with Gasteiger partial charge in [0, 0.05) is 17.0 Å². The van der Waals surface area contributed by atoms with Gasteiger partial charge in [0.2, 0.25) is 5.91 Å². The van der Waals surface area contributed by atoms with Crippen molar-refractivity contribution in [3.05, 3.63) is 70.7 Å². The predicted octanol–water partition coefficient (Wildman–Crippen LogP) is 2.81. The van der Waals surface area contributed by atoms with Gasteiger partial charge in [0.25, 0.3) is 11.8 Å². The van der Waals surface area contributed by atoms with Crippen LogP contribution in [-0.2, 0) is 11.2 Å². The number of alkyl halides is 2. The number of carbonyl (C=O) groups excluding carboxylic acids is 2. The van der Waals surface area contributed by atoms with Gasteiger partial charge < -0.3 is 16.4 Å². The molecular formula is C19H21Cl2F2N3O2. The number of rotatable bonds is 8. The summed E-state index contributed by atoms with van der Waals surface area (Å²) in [4.78, 5) is 24.8. The van der Waals surface area contributed by atoms with Crippen LogP contribution in [0.25, 0.3) is 0 Å². The minimum absolute atomic E-state index is 0. The Morgan fingerprint density at radius 2 is 1.68 bits per heavy atom. The number of benzene rings is 2. The molecule has 0 fully saturated rings. The summed E-state index contributed by atoms with van der Waals surface area (Å²) in [5.41, 5.74) is 6.06. The molecule has 5 nitrogen and oxygen atoms in total. The van der Waals surface area contributed by atoms with Crippen molar-refractivity contribution in [1.29, 1.82) is 0 Å². The Labute approximate surface area is 173 Å². The summed E-state index contributed by atoms with van der Waals surface area (Å²) in [6, 6.07) is 14.0. The summed E-state index contributed by atoms with van der Waals surface area (Å²) >= 11 is 5.80. The minimum Gasteiger partial charge on any atom is -0.348 e. The third-order valence-electron chi connectivity index (χ3n) is 3.83. The molecule has 2 amide bonds. The van der Waals surface area contributed by atoms with E-state index in [0.717, 1.165) is 5.56 Å². The minimum atomic E-state index is -3.22. The van der Waals surface area contributed by atoms with Gasteiger partial charge in [-0.15, -0.1) is 12.4 Å². The summed E-state index contributed by atoms with van der Waals surface area (Å²) in [7, 11) is 0. The van der Waals surface area contributed by atoms with Crippen molar-refractivity contribution < 1.29 is 18.4 Å². The molecule has 0 bridgehead atoms. The molecule has 1 unspecified atom stereocenters. The molecule has 2 aromatic rings. The van der Waals surface area contributed by atoms with E-state index in [4.69, 9.17) is 17.3 Å². The lowest BCUT2D eigenvalue weighted by molar-refractivity contribution is -0.124. The summed E-state index contributed by atoms with van der Waals surface area (Å²) in [6.45, 7) is -1.78. The van der Waals surface area contributed by atoms with Crippen LogP contribution in [0.15, 0.2) is 54.6 Å². The lowest BCUT2D eigenvalue weighted by atomic mass is 10.0. The molecular weight excluding hydrogens is 411 g/mol. The first-order valence-electron chi connectivity index (χ1n) is 8.27. The quantitative estimate of drug-likeness (QED) is 0.600. The van der Waals surface area contributed by atoms with Gasteiger partial charge in [-0.05, 0) is 29.8 Å². The van der Waals surface area contributed by atoms with Crippen LogP contribution in [0.5, 0.6) is 0 Å². The fourth-order valence-corrected chi connectivity index (χ4v) is 2.44. The van der Waals surface area contributed by atoms with Gasteiger partial charge >= 0.3 is 0 Å². The average Bonchev–Trinajstić information content (AvgIpc) is 2.67. The maximum Gasteiger partial charge on any atom is 0.277 e. The second-order valence-corrected chi connectivity index (χ2v) is 6.44. The van der Waals surface area contributed by atoms with Gasteiger partial charge in [0.15, 0.2) is 0 Å². The molecule has 28 heavy (non-hydrogen) atoms. The molecule has 0 saturated heterocycles. The van der Waals surface area contributed by atoms with Crippen molar-refractivity contribution >= 4 is 35.8 Å². The summed E-state index contributed by atoms with van der Waals surface area (Å²) in [6.07, 6.45) is 0.153. The van der Waals surface area contributed by atoms with Gasteiger partial charge in [0.1, 0.15) is 6.04 Å². The zero-order valence-corrected chi connectivity index (χ0v) is 16.4. The van der Waals surface area contributed by atoms with E-state index in [0.29, 0.717) is 10.6 Å². The highest BCUT2D eigenvalue weighted by atomic mass is 35.5. The lowest BCUT2D eigenvalue weighted by Crippen LogP contribution is -2.51. The average molecular weight is 432 g/mol. The molecule has 0 radical (unpaired) electrons. The largest absolute Gasteiger partial charge is 0.348 e. The first kappa shape index (κ1) is 23.8. The van der Waals surface area contributed by atoms with Crippen molar-refractivity contribution in [3.63, 3.8) is 0 Å². The highest BCUT2D eigenvalue weighted by Crippen LogP contribution is 2.12. The van der Waals surface area contributed by atoms with Crippen LogP contribution < -0.4 is 16.4 Å². The van der Waals surface area contributed by atoms with Crippen molar-refractivity contribution in [2.75, 3.05) is 13.1 Å². The Bertz CT molecular complexity index is 775. The van der Waals surface area contributed by atoms with Crippen molar-refractivity contribution in [2.24, 2.45) is 5.73 Å². The Kier molecular flexibility index (Phi) is 9.31. The molecule has 0 saturated carbocycles. The monoisotopic (exact) mass is 431 g/mol. The molecule has 152 valence electrons. The van der Waals surface area contributed by atoms with Gasteiger partial charge in [-0.3, -0.25) is 9.59 Å². The number of nitrogens with two attached hydrogens (primary N) is 1. The standard InChI is InChI=1S/C19H20ClF2N3O2.ClH/c20-15-8-6-14(7-9-15)17(26)25-16(10-13-4-2-1-3-5-13)18(27)24-12-19(21,22)11-23;/h1-9,16H,10-12,23H2,(H,24,27)(H,25,26);1H. The zero-order valence-electron chi connectivity index (χ0n) is 14.8. The molecule has 2 aromatic carbocycles. The van der Waals surface area contributed by atoms with Crippen LogP contribution in [0.3, 0.4) is 0 Å². The molecule has 0 aliphatic heterocycles. The topological polar surface area (TPSA) is 84.2 Å². The molecule has 4 N–H and O–H groups in total. The summed E-state index contributed by atoms with van der Waals surface area (Å²) in [5.74, 6) is -4.43. The van der Waals surface area contributed by atoms with Crippen molar-refractivity contribution in [3.8, 4) is 0 Å². The van der Waals surface area contributed by atoms with E-state index in [1.807, 2.05) is 6.07 Å². The SMILES string of the molecule is Cl.NCC(F)(F)CNC(=O)C(Cc1ccccc1)NC(=O)c1ccc(Cl)cc1. The van der Waals surface area contributed by atoms with E-state index in [-0.39, 0.29) is 18.8 Å². The predicted molar refractivity (Wildman–Crippen MR) is 107 cm³/mol. The van der Waals surface area contributed by atoms with E-state index in [1.54, 1.807) is 36.4 Å². The Balaban J connectivity index is 0.00000392. The summed E-state index contributed by atoms with van der Waals surface area (Å²) < 4.78 is 26.7. The fourth-order valence-electron chi connectivity index (χ4n) is 2.31. The molecule has 0 spiro atoms. The van der Waals surface area contributed by atoms with Gasteiger partial charge in [-0.1, -0.05) is 41.9 Å². The smallest absolute Gasteiger partial charge is 0.277 e. The van der Waals surface area contributed by atoms with Crippen LogP contribution in [0.1, 0.15) is 15.9 Å². The van der Waals surface area contributed by atoms with Crippen LogP contribution in [0.2, 0.25) is 5.02 Å². The maximum atomic E-state index is 13.3. The van der Waals surface area contributed by atoms with Crippen molar-refractivity contribution in [1.82, 2.24) is 10.6 Å². The number of carbonyl (C=O) groups is 2. The molecule has 9 heteroatoms. The van der Waals surface area contributed by atoms with E-state index >= 15 is 0 Å². The molecule has 1 atom stereocenters. The Hall–Kier alpha value is -2.22. The maximum absolute atomic E-state index is 13.3. The Morgan fingerprint density at radius 1 is 1.07 bits per heavy atom. The molecule has 0 aliphatic rings. The van der Waals surface area contributed by atoms with Gasteiger partial charge in [-0.2, -0.15) is 0 Å².